The fourth-order valence-corrected chi connectivity index (χ4v) is 3.18. The van der Waals surface area contributed by atoms with Crippen LogP contribution >= 0.6 is 15.9 Å². The zero-order valence-corrected chi connectivity index (χ0v) is 13.6. The Morgan fingerprint density at radius 2 is 2.33 bits per heavy atom. The number of nitrogens with zero attached hydrogens (tertiary/aromatic N) is 1. The van der Waals surface area contributed by atoms with Crippen molar-refractivity contribution in [3.05, 3.63) is 40.5 Å². The van der Waals surface area contributed by atoms with Crippen molar-refractivity contribution in [1.29, 1.82) is 0 Å². The van der Waals surface area contributed by atoms with Crippen molar-refractivity contribution in [2.45, 2.75) is 18.6 Å². The first-order chi connectivity index (χ1) is 10.2. The summed E-state index contributed by atoms with van der Waals surface area (Å²) in [6.45, 7) is 2.99. The molecule has 2 heterocycles. The third-order valence-corrected chi connectivity index (χ3v) is 4.75. The molecule has 1 saturated heterocycles. The van der Waals surface area contributed by atoms with Crippen LogP contribution in [0.2, 0.25) is 0 Å². The number of benzene rings is 1. The summed E-state index contributed by atoms with van der Waals surface area (Å²) in [4.78, 5) is 4.50. The van der Waals surface area contributed by atoms with Gasteiger partial charge in [0, 0.05) is 49.3 Å². The number of ether oxygens (including phenoxy) is 2. The summed E-state index contributed by atoms with van der Waals surface area (Å²) in [6, 6.07) is 8.22. The van der Waals surface area contributed by atoms with E-state index in [2.05, 4.69) is 44.4 Å². The molecular formula is C16H19BrN2O2. The van der Waals surface area contributed by atoms with Gasteiger partial charge in [-0.05, 0) is 17.7 Å². The number of methoxy groups -OCH3 is 1. The predicted molar refractivity (Wildman–Crippen MR) is 86.3 cm³/mol. The number of halogens is 1. The highest BCUT2D eigenvalue weighted by Gasteiger charge is 2.34. The predicted octanol–water partition coefficient (Wildman–Crippen LogP) is 2.89. The molecule has 4 nitrogen and oxygen atoms in total. The lowest BCUT2D eigenvalue weighted by Gasteiger charge is -2.26. The minimum absolute atomic E-state index is 0.182. The van der Waals surface area contributed by atoms with E-state index in [0.717, 1.165) is 41.5 Å². The van der Waals surface area contributed by atoms with E-state index in [1.165, 1.54) is 5.56 Å². The average molecular weight is 351 g/mol. The van der Waals surface area contributed by atoms with Crippen LogP contribution < -0.4 is 5.32 Å². The summed E-state index contributed by atoms with van der Waals surface area (Å²) < 4.78 is 12.2. The van der Waals surface area contributed by atoms with Crippen LogP contribution in [0.25, 0.3) is 10.9 Å². The van der Waals surface area contributed by atoms with Crippen LogP contribution in [0.5, 0.6) is 0 Å². The Kier molecular flexibility index (Phi) is 4.54. The second kappa shape index (κ2) is 6.40. The van der Waals surface area contributed by atoms with Gasteiger partial charge in [-0.2, -0.15) is 0 Å². The summed E-state index contributed by atoms with van der Waals surface area (Å²) >= 11 is 3.58. The van der Waals surface area contributed by atoms with Gasteiger partial charge in [-0.3, -0.25) is 4.98 Å². The number of pyridine rings is 1. The van der Waals surface area contributed by atoms with Gasteiger partial charge in [-0.15, -0.1) is 0 Å². The molecule has 1 aromatic heterocycles. The first kappa shape index (κ1) is 14.9. The molecule has 1 unspecified atom stereocenters. The van der Waals surface area contributed by atoms with Crippen LogP contribution in [0.15, 0.2) is 34.9 Å². The van der Waals surface area contributed by atoms with Gasteiger partial charge in [0.15, 0.2) is 0 Å². The van der Waals surface area contributed by atoms with E-state index in [4.69, 9.17) is 9.47 Å². The van der Waals surface area contributed by atoms with E-state index < -0.39 is 0 Å². The number of nitrogens with one attached hydrogen (secondary N) is 1. The standard InChI is InChI=1S/C16H19BrN2O2/c1-20-16(6-8-21-11-16)10-18-9-12-4-5-14(17)13-3-2-7-19-15(12)13/h2-5,7,18H,6,8-11H2,1H3. The maximum absolute atomic E-state index is 5.63. The maximum atomic E-state index is 5.63. The summed E-state index contributed by atoms with van der Waals surface area (Å²) in [6.07, 6.45) is 2.77. The molecule has 1 aliphatic heterocycles. The lowest BCUT2D eigenvalue weighted by atomic mass is 10.0. The lowest BCUT2D eigenvalue weighted by Crippen LogP contribution is -2.42. The van der Waals surface area contributed by atoms with Crippen molar-refractivity contribution in [3.8, 4) is 0 Å². The molecule has 0 saturated carbocycles. The Morgan fingerprint density at radius 1 is 1.43 bits per heavy atom. The van der Waals surface area contributed by atoms with Crippen LogP contribution in [-0.4, -0.2) is 37.5 Å². The zero-order valence-electron chi connectivity index (χ0n) is 12.1. The maximum Gasteiger partial charge on any atom is 0.106 e. The normalized spacial score (nSPS) is 22.0. The van der Waals surface area contributed by atoms with Crippen molar-refractivity contribution < 1.29 is 9.47 Å². The summed E-state index contributed by atoms with van der Waals surface area (Å²) in [5.41, 5.74) is 2.05. The first-order valence-electron chi connectivity index (χ1n) is 7.10. The summed E-state index contributed by atoms with van der Waals surface area (Å²) in [7, 11) is 1.76. The van der Waals surface area contributed by atoms with Crippen LogP contribution in [-0.2, 0) is 16.0 Å². The van der Waals surface area contributed by atoms with E-state index in [0.29, 0.717) is 6.61 Å². The summed E-state index contributed by atoms with van der Waals surface area (Å²) in [5, 5.41) is 4.63. The second-order valence-electron chi connectivity index (χ2n) is 5.40. The van der Waals surface area contributed by atoms with Crippen LogP contribution in [0.3, 0.4) is 0 Å². The van der Waals surface area contributed by atoms with E-state index in [-0.39, 0.29) is 5.60 Å². The highest BCUT2D eigenvalue weighted by Crippen LogP contribution is 2.26. The van der Waals surface area contributed by atoms with Crippen molar-refractivity contribution in [3.63, 3.8) is 0 Å². The molecule has 0 spiro atoms. The van der Waals surface area contributed by atoms with E-state index in [9.17, 15) is 0 Å². The van der Waals surface area contributed by atoms with E-state index >= 15 is 0 Å². The Labute approximate surface area is 133 Å². The summed E-state index contributed by atoms with van der Waals surface area (Å²) in [5.74, 6) is 0. The fraction of sp³-hybridized carbons (Fsp3) is 0.438. The first-order valence-corrected chi connectivity index (χ1v) is 7.89. The molecule has 1 atom stereocenters. The van der Waals surface area contributed by atoms with Gasteiger partial charge in [-0.25, -0.2) is 0 Å². The molecular weight excluding hydrogens is 332 g/mol. The van der Waals surface area contributed by atoms with Crippen molar-refractivity contribution in [1.82, 2.24) is 10.3 Å². The number of hydrogen-bond donors (Lipinski definition) is 1. The molecule has 3 rings (SSSR count). The quantitative estimate of drug-likeness (QED) is 0.900. The minimum Gasteiger partial charge on any atom is -0.378 e. The molecule has 1 aliphatic rings. The Balaban J connectivity index is 1.72. The van der Waals surface area contributed by atoms with Gasteiger partial charge in [-0.1, -0.05) is 28.1 Å². The Bertz CT molecular complexity index is 627. The largest absolute Gasteiger partial charge is 0.378 e. The van der Waals surface area contributed by atoms with Gasteiger partial charge in [0.05, 0.1) is 12.1 Å². The smallest absolute Gasteiger partial charge is 0.106 e. The monoisotopic (exact) mass is 350 g/mol. The van der Waals surface area contributed by atoms with E-state index in [1.54, 1.807) is 7.11 Å². The van der Waals surface area contributed by atoms with Crippen molar-refractivity contribution >= 4 is 26.8 Å². The number of fused-ring (bicyclic) bond motifs is 1. The minimum atomic E-state index is -0.182. The topological polar surface area (TPSA) is 43.4 Å². The van der Waals surface area contributed by atoms with Crippen LogP contribution in [0.4, 0.5) is 0 Å². The molecule has 1 aromatic carbocycles. The average Bonchev–Trinajstić information content (AvgIpc) is 2.99. The lowest BCUT2D eigenvalue weighted by molar-refractivity contribution is -0.0159. The Hall–Kier alpha value is -1.01. The highest BCUT2D eigenvalue weighted by molar-refractivity contribution is 9.10. The SMILES string of the molecule is COC1(CNCc2ccc(Br)c3cccnc23)CCOC1. The van der Waals surface area contributed by atoms with Gasteiger partial charge < -0.3 is 14.8 Å². The number of aromatic nitrogens is 1. The molecule has 2 aromatic rings. The van der Waals surface area contributed by atoms with Gasteiger partial charge in [0.25, 0.3) is 0 Å². The molecule has 21 heavy (non-hydrogen) atoms. The fourth-order valence-electron chi connectivity index (χ4n) is 2.73. The highest BCUT2D eigenvalue weighted by atomic mass is 79.9. The number of rotatable bonds is 5. The number of hydrogen-bond acceptors (Lipinski definition) is 4. The second-order valence-corrected chi connectivity index (χ2v) is 6.25. The molecule has 0 amide bonds. The molecule has 0 radical (unpaired) electrons. The third-order valence-electron chi connectivity index (χ3n) is 4.06. The molecule has 1 fully saturated rings. The van der Waals surface area contributed by atoms with Crippen LogP contribution in [0, 0.1) is 0 Å². The molecule has 0 aliphatic carbocycles. The van der Waals surface area contributed by atoms with Crippen molar-refractivity contribution in [2.24, 2.45) is 0 Å². The molecule has 112 valence electrons. The van der Waals surface area contributed by atoms with Gasteiger partial charge >= 0.3 is 0 Å². The van der Waals surface area contributed by atoms with Crippen molar-refractivity contribution in [2.75, 3.05) is 26.9 Å². The van der Waals surface area contributed by atoms with Gasteiger partial charge in [0.1, 0.15) is 5.60 Å². The van der Waals surface area contributed by atoms with Gasteiger partial charge in [0.2, 0.25) is 0 Å². The molecule has 0 bridgehead atoms. The van der Waals surface area contributed by atoms with E-state index in [1.807, 2.05) is 12.3 Å². The molecule has 5 heteroatoms. The third kappa shape index (κ3) is 3.11. The Morgan fingerprint density at radius 3 is 3.10 bits per heavy atom. The molecule has 1 N–H and O–H groups in total. The zero-order chi connectivity index (χ0) is 14.7. The van der Waals surface area contributed by atoms with Crippen LogP contribution in [0.1, 0.15) is 12.0 Å².